The molecule has 0 fully saturated rings. The average Bonchev–Trinajstić information content (AvgIpc) is 3.07. The van der Waals surface area contributed by atoms with E-state index in [-0.39, 0.29) is 49.6 Å². The van der Waals surface area contributed by atoms with Gasteiger partial charge in [0.15, 0.2) is 0 Å². The first-order valence-electron chi connectivity index (χ1n) is 16.2. The van der Waals surface area contributed by atoms with Crippen molar-refractivity contribution in [2.45, 2.75) is 79.1 Å². The molecule has 4 aromatic rings. The van der Waals surface area contributed by atoms with Crippen molar-refractivity contribution in [3.8, 4) is 0 Å². The number of carboxylic acid groups (broad SMARTS) is 4. The first kappa shape index (κ1) is 44.7. The van der Waals surface area contributed by atoms with Crippen LogP contribution in [0.5, 0.6) is 0 Å². The molecule has 49 heavy (non-hydrogen) atoms. The molecule has 0 amide bonds. The monoisotopic (exact) mass is 860 g/mol. The molecule has 0 heterocycles. The van der Waals surface area contributed by atoms with Gasteiger partial charge in [-0.2, -0.15) is 0 Å². The summed E-state index contributed by atoms with van der Waals surface area (Å²) >= 11 is 0. The molecule has 0 bridgehead atoms. The van der Waals surface area contributed by atoms with Crippen LogP contribution in [0.1, 0.15) is 117 Å². The molecular weight excluding hydrogens is 816 g/mol. The van der Waals surface area contributed by atoms with E-state index >= 15 is 0 Å². The Morgan fingerprint density at radius 2 is 0.571 bits per heavy atom. The number of aryl methyl sites for hydroxylation is 4. The van der Waals surface area contributed by atoms with E-state index in [0.29, 0.717) is 0 Å². The molecule has 0 aliphatic carbocycles. The number of rotatable bonds is 12. The van der Waals surface area contributed by atoms with Gasteiger partial charge in [0.1, 0.15) is 0 Å². The SMILES string of the molecule is CCCc1cccc(C(=O)[O-])c1.CCCc1cccc(C(=O)[O-])c1.CCCc1cccc(C(=O)[O-])c1.CCCc1cccc(C(=O)[O-])c1.[Pb]. The van der Waals surface area contributed by atoms with Gasteiger partial charge in [0, 0.05) is 27.3 Å². The zero-order chi connectivity index (χ0) is 35.9. The van der Waals surface area contributed by atoms with Crippen LogP contribution in [-0.2, 0) is 25.7 Å². The van der Waals surface area contributed by atoms with Gasteiger partial charge in [0.25, 0.3) is 0 Å². The molecule has 0 aliphatic heterocycles. The van der Waals surface area contributed by atoms with Crippen molar-refractivity contribution in [2.75, 3.05) is 0 Å². The molecule has 4 radical (unpaired) electrons. The zero-order valence-electron chi connectivity index (χ0n) is 28.7. The number of hydrogen-bond donors (Lipinski definition) is 0. The Balaban J connectivity index is 0.000000623. The summed E-state index contributed by atoms with van der Waals surface area (Å²) in [5, 5.41) is 41.8. The molecular formula is C40H44O8Pb-4. The van der Waals surface area contributed by atoms with Crippen LogP contribution in [0.4, 0.5) is 0 Å². The summed E-state index contributed by atoms with van der Waals surface area (Å²) in [6, 6.07) is 27.6. The Morgan fingerprint density at radius 3 is 0.714 bits per heavy atom. The van der Waals surface area contributed by atoms with Crippen LogP contribution >= 0.6 is 0 Å². The number of aromatic carboxylic acids is 4. The van der Waals surface area contributed by atoms with Gasteiger partial charge in [-0.1, -0.05) is 126 Å². The minimum absolute atomic E-state index is 0. The molecule has 0 unspecified atom stereocenters. The Hall–Kier alpha value is -4.32. The average molecular weight is 860 g/mol. The van der Waals surface area contributed by atoms with Gasteiger partial charge < -0.3 is 39.6 Å². The summed E-state index contributed by atoms with van der Waals surface area (Å²) in [7, 11) is 0. The van der Waals surface area contributed by atoms with E-state index in [2.05, 4.69) is 27.7 Å². The minimum Gasteiger partial charge on any atom is -0.545 e. The summed E-state index contributed by atoms with van der Waals surface area (Å²) < 4.78 is 0. The van der Waals surface area contributed by atoms with Gasteiger partial charge in [-0.05, 0) is 94.5 Å². The topological polar surface area (TPSA) is 161 Å². The molecule has 0 aromatic heterocycles. The van der Waals surface area contributed by atoms with Crippen molar-refractivity contribution < 1.29 is 39.6 Å². The molecule has 4 rings (SSSR count). The van der Waals surface area contributed by atoms with E-state index in [9.17, 15) is 39.6 Å². The summed E-state index contributed by atoms with van der Waals surface area (Å²) in [4.78, 5) is 41.8. The van der Waals surface area contributed by atoms with Crippen LogP contribution in [0.15, 0.2) is 97.1 Å². The van der Waals surface area contributed by atoms with E-state index in [1.165, 1.54) is 0 Å². The van der Waals surface area contributed by atoms with E-state index in [0.717, 1.165) is 73.6 Å². The molecule has 0 aliphatic rings. The zero-order valence-corrected chi connectivity index (χ0v) is 32.5. The van der Waals surface area contributed by atoms with E-state index < -0.39 is 23.9 Å². The molecule has 260 valence electrons. The van der Waals surface area contributed by atoms with E-state index in [4.69, 9.17) is 0 Å². The molecule has 0 saturated heterocycles. The van der Waals surface area contributed by atoms with Gasteiger partial charge >= 0.3 is 0 Å². The van der Waals surface area contributed by atoms with Crippen LogP contribution in [-0.4, -0.2) is 51.2 Å². The van der Waals surface area contributed by atoms with Crippen LogP contribution < -0.4 is 20.4 Å². The van der Waals surface area contributed by atoms with Crippen molar-refractivity contribution in [1.82, 2.24) is 0 Å². The predicted octanol–water partition coefficient (Wildman–Crippen LogP) is 3.63. The van der Waals surface area contributed by atoms with Gasteiger partial charge in [0.05, 0.1) is 23.9 Å². The third-order valence-electron chi connectivity index (χ3n) is 6.81. The summed E-state index contributed by atoms with van der Waals surface area (Å²) in [5.41, 5.74) is 5.28. The first-order chi connectivity index (χ1) is 22.9. The van der Waals surface area contributed by atoms with Gasteiger partial charge in [0.2, 0.25) is 0 Å². The molecule has 4 aromatic carbocycles. The van der Waals surface area contributed by atoms with Crippen LogP contribution in [0, 0.1) is 0 Å². The Kier molecular flexibility index (Phi) is 23.4. The van der Waals surface area contributed by atoms with Crippen LogP contribution in [0.25, 0.3) is 0 Å². The quantitative estimate of drug-likeness (QED) is 0.196. The fourth-order valence-electron chi connectivity index (χ4n) is 4.57. The predicted molar refractivity (Wildman–Crippen MR) is 185 cm³/mol. The van der Waals surface area contributed by atoms with Crippen molar-refractivity contribution in [1.29, 1.82) is 0 Å². The van der Waals surface area contributed by atoms with Gasteiger partial charge in [-0.3, -0.25) is 0 Å². The van der Waals surface area contributed by atoms with Crippen molar-refractivity contribution in [3.63, 3.8) is 0 Å². The van der Waals surface area contributed by atoms with Crippen LogP contribution in [0.2, 0.25) is 0 Å². The van der Waals surface area contributed by atoms with E-state index in [1.807, 2.05) is 24.3 Å². The molecule has 0 saturated carbocycles. The van der Waals surface area contributed by atoms with Crippen molar-refractivity contribution in [3.05, 3.63) is 142 Å². The smallest absolute Gasteiger partial charge is 0.0715 e. The molecule has 0 spiro atoms. The number of carbonyl (C=O) groups is 4. The fourth-order valence-corrected chi connectivity index (χ4v) is 4.57. The maximum atomic E-state index is 10.4. The second-order valence-electron chi connectivity index (χ2n) is 11.0. The number of benzene rings is 4. The van der Waals surface area contributed by atoms with Gasteiger partial charge in [-0.25, -0.2) is 0 Å². The first-order valence-corrected chi connectivity index (χ1v) is 16.2. The standard InChI is InChI=1S/4C10H12O2.Pb/c4*1-2-4-8-5-3-6-9(7-8)10(11)12;/h4*3,5-7H,2,4H2,1H3,(H,11,12);/p-4. The summed E-state index contributed by atoms with van der Waals surface area (Å²) in [5.74, 6) is -4.41. The second kappa shape index (κ2) is 25.7. The van der Waals surface area contributed by atoms with E-state index in [1.54, 1.807) is 72.8 Å². The number of hydrogen-bond acceptors (Lipinski definition) is 8. The maximum Gasteiger partial charge on any atom is 0.0715 e. The molecule has 9 heteroatoms. The van der Waals surface area contributed by atoms with Crippen LogP contribution in [0.3, 0.4) is 0 Å². The fraction of sp³-hybridized carbons (Fsp3) is 0.300. The number of carboxylic acids is 4. The third-order valence-corrected chi connectivity index (χ3v) is 6.81. The Labute approximate surface area is 310 Å². The summed E-state index contributed by atoms with van der Waals surface area (Å²) in [6.45, 7) is 8.24. The molecule has 0 atom stereocenters. The Bertz CT molecular complexity index is 1360. The maximum absolute atomic E-state index is 10.4. The number of carbonyl (C=O) groups excluding carboxylic acids is 4. The van der Waals surface area contributed by atoms with Crippen molar-refractivity contribution >= 4 is 51.2 Å². The largest absolute Gasteiger partial charge is 0.545 e. The molecule has 8 nitrogen and oxygen atoms in total. The molecule has 0 N–H and O–H groups in total. The Morgan fingerprint density at radius 1 is 0.388 bits per heavy atom. The third kappa shape index (κ3) is 18.7. The second-order valence-corrected chi connectivity index (χ2v) is 11.0. The normalized spacial score (nSPS) is 9.55. The van der Waals surface area contributed by atoms with Crippen molar-refractivity contribution in [2.24, 2.45) is 0 Å². The van der Waals surface area contributed by atoms with Gasteiger partial charge in [-0.15, -0.1) is 0 Å². The summed E-state index contributed by atoms with van der Waals surface area (Å²) in [6.07, 6.45) is 7.77. The minimum atomic E-state index is -1.10.